The van der Waals surface area contributed by atoms with Crippen molar-refractivity contribution in [3.05, 3.63) is 60.2 Å². The maximum atomic E-state index is 11.6. The second kappa shape index (κ2) is 7.48. The zero-order chi connectivity index (χ0) is 15.1. The molecule has 0 aromatic heterocycles. The first-order valence-corrected chi connectivity index (χ1v) is 7.25. The monoisotopic (exact) mass is 283 g/mol. The van der Waals surface area contributed by atoms with Gasteiger partial charge in [-0.25, -0.2) is 0 Å². The van der Waals surface area contributed by atoms with Crippen molar-refractivity contribution >= 4 is 11.5 Å². The van der Waals surface area contributed by atoms with E-state index >= 15 is 0 Å². The highest BCUT2D eigenvalue weighted by atomic mass is 16.5. The average Bonchev–Trinajstić information content (AvgIpc) is 2.52. The third kappa shape index (κ3) is 4.09. The van der Waals surface area contributed by atoms with E-state index in [-0.39, 0.29) is 5.78 Å². The number of hydrogen-bond acceptors (Lipinski definition) is 3. The van der Waals surface area contributed by atoms with E-state index in [9.17, 15) is 4.79 Å². The van der Waals surface area contributed by atoms with Gasteiger partial charge in [0.05, 0.1) is 12.1 Å². The molecule has 3 nitrogen and oxygen atoms in total. The Balaban J connectivity index is 1.96. The highest BCUT2D eigenvalue weighted by Gasteiger charge is 2.08. The van der Waals surface area contributed by atoms with Crippen molar-refractivity contribution in [3.8, 4) is 5.75 Å². The Morgan fingerprint density at radius 3 is 2.38 bits per heavy atom. The van der Waals surface area contributed by atoms with Gasteiger partial charge in [0, 0.05) is 12.2 Å². The van der Waals surface area contributed by atoms with Crippen LogP contribution in [-0.4, -0.2) is 25.5 Å². The number of rotatable bonds is 7. The highest BCUT2D eigenvalue weighted by Crippen LogP contribution is 2.19. The molecule has 2 aromatic carbocycles. The van der Waals surface area contributed by atoms with Gasteiger partial charge in [0.2, 0.25) is 0 Å². The van der Waals surface area contributed by atoms with Gasteiger partial charge in [-0.05, 0) is 38.1 Å². The molecule has 2 aromatic rings. The van der Waals surface area contributed by atoms with E-state index in [4.69, 9.17) is 4.74 Å². The topological polar surface area (TPSA) is 29.5 Å². The second-order valence-corrected chi connectivity index (χ2v) is 4.82. The molecule has 2 rings (SSSR count). The lowest BCUT2D eigenvalue weighted by Crippen LogP contribution is -2.28. The van der Waals surface area contributed by atoms with E-state index in [1.165, 1.54) is 5.69 Å². The number of ketones is 1. The van der Waals surface area contributed by atoms with Gasteiger partial charge in [0.25, 0.3) is 0 Å². The Kier molecular flexibility index (Phi) is 5.38. The summed E-state index contributed by atoms with van der Waals surface area (Å²) in [5.41, 5.74) is 1.82. The third-order valence-electron chi connectivity index (χ3n) is 3.39. The molecule has 0 atom stereocenters. The standard InChI is InChI=1S/C18H21NO2/c1-3-19(16-9-5-4-6-10-16)13-14-21-18-12-8-7-11-17(18)15(2)20/h4-12H,3,13-14H2,1-2H3. The van der Waals surface area contributed by atoms with Gasteiger partial charge in [-0.3, -0.25) is 4.79 Å². The predicted molar refractivity (Wildman–Crippen MR) is 86.3 cm³/mol. The van der Waals surface area contributed by atoms with E-state index in [0.29, 0.717) is 17.9 Å². The molecule has 0 spiro atoms. The van der Waals surface area contributed by atoms with Gasteiger partial charge < -0.3 is 9.64 Å². The van der Waals surface area contributed by atoms with Gasteiger partial charge >= 0.3 is 0 Å². The van der Waals surface area contributed by atoms with Crippen molar-refractivity contribution in [3.63, 3.8) is 0 Å². The van der Waals surface area contributed by atoms with Crippen LogP contribution in [-0.2, 0) is 0 Å². The molecule has 0 radical (unpaired) electrons. The molecule has 110 valence electrons. The highest BCUT2D eigenvalue weighted by molar-refractivity contribution is 5.96. The smallest absolute Gasteiger partial charge is 0.163 e. The first-order chi connectivity index (χ1) is 10.2. The Hall–Kier alpha value is -2.29. The predicted octanol–water partition coefficient (Wildman–Crippen LogP) is 3.79. The fraction of sp³-hybridized carbons (Fsp3) is 0.278. The number of anilines is 1. The van der Waals surface area contributed by atoms with Crippen LogP contribution in [0.15, 0.2) is 54.6 Å². The number of carbonyl (C=O) groups is 1. The summed E-state index contributed by atoms with van der Waals surface area (Å²) in [7, 11) is 0. The third-order valence-corrected chi connectivity index (χ3v) is 3.39. The minimum atomic E-state index is 0.0287. The van der Waals surface area contributed by atoms with Gasteiger partial charge in [0.15, 0.2) is 5.78 Å². The first kappa shape index (κ1) is 15.1. The zero-order valence-electron chi connectivity index (χ0n) is 12.6. The van der Waals surface area contributed by atoms with Crippen LogP contribution < -0.4 is 9.64 Å². The Morgan fingerprint density at radius 1 is 1.05 bits per heavy atom. The van der Waals surface area contributed by atoms with Crippen LogP contribution in [0.4, 0.5) is 5.69 Å². The molecule has 3 heteroatoms. The molecular formula is C18H21NO2. The molecule has 0 saturated heterocycles. The quantitative estimate of drug-likeness (QED) is 0.724. The molecule has 0 unspecified atom stereocenters. The Labute approximate surface area is 126 Å². The van der Waals surface area contributed by atoms with Crippen molar-refractivity contribution in [1.82, 2.24) is 0 Å². The summed E-state index contributed by atoms with van der Waals surface area (Å²) in [6.45, 7) is 5.93. The molecule has 0 bridgehead atoms. The molecule has 0 amide bonds. The van der Waals surface area contributed by atoms with Crippen LogP contribution in [0, 0.1) is 0 Å². The van der Waals surface area contributed by atoms with E-state index in [1.807, 2.05) is 36.4 Å². The maximum Gasteiger partial charge on any atom is 0.163 e. The number of nitrogens with zero attached hydrogens (tertiary/aromatic N) is 1. The molecular weight excluding hydrogens is 262 g/mol. The summed E-state index contributed by atoms with van der Waals surface area (Å²) in [6.07, 6.45) is 0. The fourth-order valence-corrected chi connectivity index (χ4v) is 2.26. The lowest BCUT2D eigenvalue weighted by atomic mass is 10.1. The van der Waals surface area contributed by atoms with Crippen molar-refractivity contribution in [1.29, 1.82) is 0 Å². The van der Waals surface area contributed by atoms with Crippen molar-refractivity contribution < 1.29 is 9.53 Å². The fourth-order valence-electron chi connectivity index (χ4n) is 2.26. The molecule has 0 N–H and O–H groups in total. The van der Waals surface area contributed by atoms with Crippen LogP contribution in [0.5, 0.6) is 5.75 Å². The normalized spacial score (nSPS) is 10.2. The first-order valence-electron chi connectivity index (χ1n) is 7.25. The largest absolute Gasteiger partial charge is 0.491 e. The number of hydrogen-bond donors (Lipinski definition) is 0. The summed E-state index contributed by atoms with van der Waals surface area (Å²) >= 11 is 0. The van der Waals surface area contributed by atoms with Crippen LogP contribution >= 0.6 is 0 Å². The summed E-state index contributed by atoms with van der Waals surface area (Å²) in [4.78, 5) is 13.8. The summed E-state index contributed by atoms with van der Waals surface area (Å²) in [5.74, 6) is 0.690. The number of ether oxygens (including phenoxy) is 1. The van der Waals surface area contributed by atoms with Crippen LogP contribution in [0.25, 0.3) is 0 Å². The van der Waals surface area contributed by atoms with Crippen molar-refractivity contribution in [2.45, 2.75) is 13.8 Å². The zero-order valence-corrected chi connectivity index (χ0v) is 12.6. The van der Waals surface area contributed by atoms with Crippen LogP contribution in [0.3, 0.4) is 0 Å². The maximum absolute atomic E-state index is 11.6. The molecule has 0 heterocycles. The number of benzene rings is 2. The SMILES string of the molecule is CCN(CCOc1ccccc1C(C)=O)c1ccccc1. The van der Waals surface area contributed by atoms with E-state index in [1.54, 1.807) is 13.0 Å². The van der Waals surface area contributed by atoms with Gasteiger partial charge in [0.1, 0.15) is 12.4 Å². The second-order valence-electron chi connectivity index (χ2n) is 4.82. The van der Waals surface area contributed by atoms with Crippen molar-refractivity contribution in [2.24, 2.45) is 0 Å². The van der Waals surface area contributed by atoms with Gasteiger partial charge in [-0.2, -0.15) is 0 Å². The lowest BCUT2D eigenvalue weighted by molar-refractivity contribution is 0.101. The van der Waals surface area contributed by atoms with Gasteiger partial charge in [-0.15, -0.1) is 0 Å². The summed E-state index contributed by atoms with van der Waals surface area (Å²) in [5, 5.41) is 0. The molecule has 0 saturated carbocycles. The number of Topliss-reactive ketones (excluding diaryl/α,β-unsaturated/α-hetero) is 1. The minimum absolute atomic E-state index is 0.0287. The molecule has 0 aliphatic rings. The van der Waals surface area contributed by atoms with E-state index in [0.717, 1.165) is 13.1 Å². The lowest BCUT2D eigenvalue weighted by Gasteiger charge is -2.23. The average molecular weight is 283 g/mol. The molecule has 0 aliphatic heterocycles. The molecule has 0 fully saturated rings. The summed E-state index contributed by atoms with van der Waals surface area (Å²) < 4.78 is 5.79. The number of likely N-dealkylation sites (N-methyl/N-ethyl adjacent to an activating group) is 1. The van der Waals surface area contributed by atoms with Crippen molar-refractivity contribution in [2.75, 3.05) is 24.6 Å². The molecule has 0 aliphatic carbocycles. The minimum Gasteiger partial charge on any atom is -0.491 e. The van der Waals surface area contributed by atoms with Crippen LogP contribution in [0.2, 0.25) is 0 Å². The number of carbonyl (C=O) groups excluding carboxylic acids is 1. The van der Waals surface area contributed by atoms with Gasteiger partial charge in [-0.1, -0.05) is 30.3 Å². The molecule has 21 heavy (non-hydrogen) atoms. The number of para-hydroxylation sites is 2. The van der Waals surface area contributed by atoms with E-state index < -0.39 is 0 Å². The van der Waals surface area contributed by atoms with Crippen LogP contribution in [0.1, 0.15) is 24.2 Å². The van der Waals surface area contributed by atoms with E-state index in [2.05, 4.69) is 24.0 Å². The Bertz CT molecular complexity index is 581. The Morgan fingerprint density at radius 2 is 1.71 bits per heavy atom. The summed E-state index contributed by atoms with van der Waals surface area (Å²) in [6, 6.07) is 17.6.